The van der Waals surface area contributed by atoms with Gasteiger partial charge in [-0.1, -0.05) is 23.7 Å². The molecule has 0 spiro atoms. The molecule has 0 aliphatic carbocycles. The van der Waals surface area contributed by atoms with Gasteiger partial charge in [-0.2, -0.15) is 0 Å². The van der Waals surface area contributed by atoms with Gasteiger partial charge in [0.1, 0.15) is 6.10 Å². The number of benzene rings is 1. The Balaban J connectivity index is 2.18. The molecule has 0 N–H and O–H groups in total. The van der Waals surface area contributed by atoms with Crippen molar-refractivity contribution in [3.63, 3.8) is 0 Å². The summed E-state index contributed by atoms with van der Waals surface area (Å²) in [5, 5.41) is 0.768. The zero-order valence-corrected chi connectivity index (χ0v) is 7.29. The number of hydrogen-bond donors (Lipinski definition) is 0. The minimum atomic E-state index is 0.197. The maximum absolute atomic E-state index is 5.76. The van der Waals surface area contributed by atoms with Crippen LogP contribution in [-0.4, -0.2) is 0 Å². The van der Waals surface area contributed by atoms with Crippen LogP contribution in [-0.2, 0) is 4.74 Å². The first kappa shape index (κ1) is 7.69. The molecule has 0 bridgehead atoms. The summed E-state index contributed by atoms with van der Waals surface area (Å²) in [6.07, 6.45) is 4.93. The predicted molar refractivity (Wildman–Crippen MR) is 49.0 cm³/mol. The molecule has 0 amide bonds. The Labute approximate surface area is 76.6 Å². The molecule has 1 aromatic carbocycles. The molecule has 1 heterocycles. The Bertz CT molecular complexity index is 281. The van der Waals surface area contributed by atoms with Gasteiger partial charge in [0.15, 0.2) is 0 Å². The van der Waals surface area contributed by atoms with Crippen LogP contribution in [0.15, 0.2) is 36.6 Å². The molecule has 2 rings (SSSR count). The highest BCUT2D eigenvalue weighted by Crippen LogP contribution is 2.27. The molecule has 2 heteroatoms. The van der Waals surface area contributed by atoms with Crippen LogP contribution in [0.25, 0.3) is 0 Å². The normalized spacial score (nSPS) is 20.9. The monoisotopic (exact) mass is 180 g/mol. The molecule has 1 aliphatic rings. The van der Waals surface area contributed by atoms with Crippen LogP contribution in [0.4, 0.5) is 0 Å². The van der Waals surface area contributed by atoms with E-state index in [0.717, 1.165) is 11.4 Å². The second kappa shape index (κ2) is 3.20. The highest BCUT2D eigenvalue weighted by atomic mass is 35.5. The molecule has 1 aliphatic heterocycles. The van der Waals surface area contributed by atoms with Gasteiger partial charge in [-0.05, 0) is 23.8 Å². The summed E-state index contributed by atoms with van der Waals surface area (Å²) >= 11 is 5.76. The quantitative estimate of drug-likeness (QED) is 0.644. The van der Waals surface area contributed by atoms with Crippen LogP contribution in [0, 0.1) is 0 Å². The maximum atomic E-state index is 5.76. The van der Waals surface area contributed by atoms with E-state index >= 15 is 0 Å². The van der Waals surface area contributed by atoms with E-state index in [9.17, 15) is 0 Å². The molecule has 0 fully saturated rings. The molecule has 1 atom stereocenters. The van der Waals surface area contributed by atoms with Gasteiger partial charge in [-0.25, -0.2) is 0 Å². The van der Waals surface area contributed by atoms with Crippen molar-refractivity contribution >= 4 is 11.6 Å². The number of halogens is 1. The van der Waals surface area contributed by atoms with Gasteiger partial charge in [0.25, 0.3) is 0 Å². The highest BCUT2D eigenvalue weighted by Gasteiger charge is 2.12. The smallest absolute Gasteiger partial charge is 0.126 e. The van der Waals surface area contributed by atoms with Crippen LogP contribution in [0.2, 0.25) is 5.02 Å². The highest BCUT2D eigenvalue weighted by molar-refractivity contribution is 6.30. The second-order valence-electron chi connectivity index (χ2n) is 2.78. The van der Waals surface area contributed by atoms with Crippen LogP contribution >= 0.6 is 11.6 Å². The van der Waals surface area contributed by atoms with Crippen LogP contribution in [0.1, 0.15) is 18.1 Å². The van der Waals surface area contributed by atoms with Crippen molar-refractivity contribution in [2.75, 3.05) is 0 Å². The average molecular weight is 181 g/mol. The molecule has 12 heavy (non-hydrogen) atoms. The third-order valence-corrected chi connectivity index (χ3v) is 2.18. The van der Waals surface area contributed by atoms with Crippen molar-refractivity contribution in [1.29, 1.82) is 0 Å². The summed E-state index contributed by atoms with van der Waals surface area (Å²) in [6.45, 7) is 0. The average Bonchev–Trinajstić information content (AvgIpc) is 2.58. The molecule has 1 aromatic rings. The fourth-order valence-electron chi connectivity index (χ4n) is 1.28. The third-order valence-electron chi connectivity index (χ3n) is 1.93. The minimum absolute atomic E-state index is 0.197. The second-order valence-corrected chi connectivity index (χ2v) is 3.22. The largest absolute Gasteiger partial charge is 0.493 e. The van der Waals surface area contributed by atoms with E-state index in [0.29, 0.717) is 0 Å². The lowest BCUT2D eigenvalue weighted by Crippen LogP contribution is -1.93. The first-order valence-corrected chi connectivity index (χ1v) is 4.30. The van der Waals surface area contributed by atoms with E-state index in [-0.39, 0.29) is 6.10 Å². The standard InChI is InChI=1S/C10H9ClO/c11-9-5-3-8(4-6-9)10-2-1-7-12-10/h1,3-7,10H,2H2. The van der Waals surface area contributed by atoms with E-state index in [1.165, 1.54) is 5.56 Å². The molecule has 0 saturated carbocycles. The fourth-order valence-corrected chi connectivity index (χ4v) is 1.40. The van der Waals surface area contributed by atoms with Crippen LogP contribution in [0.5, 0.6) is 0 Å². The minimum Gasteiger partial charge on any atom is -0.493 e. The van der Waals surface area contributed by atoms with E-state index in [1.54, 1.807) is 6.26 Å². The zero-order chi connectivity index (χ0) is 8.39. The van der Waals surface area contributed by atoms with Crippen molar-refractivity contribution in [3.8, 4) is 0 Å². The first-order valence-electron chi connectivity index (χ1n) is 3.92. The fraction of sp³-hybridized carbons (Fsp3) is 0.200. The Morgan fingerprint density at radius 1 is 1.25 bits per heavy atom. The summed E-state index contributed by atoms with van der Waals surface area (Å²) in [7, 11) is 0. The molecular formula is C10H9ClO. The van der Waals surface area contributed by atoms with Gasteiger partial charge in [-0.3, -0.25) is 0 Å². The number of rotatable bonds is 1. The Hall–Kier alpha value is -0.950. The molecular weight excluding hydrogens is 172 g/mol. The van der Waals surface area contributed by atoms with Gasteiger partial charge >= 0.3 is 0 Å². The SMILES string of the molecule is Clc1ccc(C2CC=CO2)cc1. The van der Waals surface area contributed by atoms with Crippen molar-refractivity contribution in [2.45, 2.75) is 12.5 Å². The summed E-state index contributed by atoms with van der Waals surface area (Å²) in [6, 6.07) is 7.77. The van der Waals surface area contributed by atoms with Crippen LogP contribution < -0.4 is 0 Å². The van der Waals surface area contributed by atoms with E-state index in [1.807, 2.05) is 30.3 Å². The van der Waals surface area contributed by atoms with Crippen LogP contribution in [0.3, 0.4) is 0 Å². The third kappa shape index (κ3) is 1.46. The molecule has 1 unspecified atom stereocenters. The van der Waals surface area contributed by atoms with Gasteiger partial charge in [0.05, 0.1) is 6.26 Å². The lowest BCUT2D eigenvalue weighted by Gasteiger charge is -2.09. The van der Waals surface area contributed by atoms with E-state index in [2.05, 4.69) is 0 Å². The van der Waals surface area contributed by atoms with Gasteiger partial charge in [0.2, 0.25) is 0 Å². The Morgan fingerprint density at radius 2 is 2.00 bits per heavy atom. The first-order chi connectivity index (χ1) is 5.86. The predicted octanol–water partition coefficient (Wildman–Crippen LogP) is 3.32. The topological polar surface area (TPSA) is 9.23 Å². The van der Waals surface area contributed by atoms with Crippen molar-refractivity contribution < 1.29 is 4.74 Å². The van der Waals surface area contributed by atoms with E-state index in [4.69, 9.17) is 16.3 Å². The number of ether oxygens (including phenoxy) is 1. The van der Waals surface area contributed by atoms with Gasteiger partial charge < -0.3 is 4.74 Å². The van der Waals surface area contributed by atoms with Crippen molar-refractivity contribution in [2.24, 2.45) is 0 Å². The maximum Gasteiger partial charge on any atom is 0.126 e. The van der Waals surface area contributed by atoms with Gasteiger partial charge in [0, 0.05) is 11.4 Å². The van der Waals surface area contributed by atoms with Crippen molar-refractivity contribution in [1.82, 2.24) is 0 Å². The lowest BCUT2D eigenvalue weighted by molar-refractivity contribution is 0.173. The molecule has 62 valence electrons. The van der Waals surface area contributed by atoms with E-state index < -0.39 is 0 Å². The molecule has 1 nitrogen and oxygen atoms in total. The Morgan fingerprint density at radius 3 is 2.58 bits per heavy atom. The Kier molecular flexibility index (Phi) is 2.05. The molecule has 0 aromatic heterocycles. The van der Waals surface area contributed by atoms with Gasteiger partial charge in [-0.15, -0.1) is 0 Å². The molecule has 0 saturated heterocycles. The lowest BCUT2D eigenvalue weighted by atomic mass is 10.1. The van der Waals surface area contributed by atoms with Crippen molar-refractivity contribution in [3.05, 3.63) is 47.2 Å². The molecule has 0 radical (unpaired) electrons. The number of hydrogen-bond acceptors (Lipinski definition) is 1. The zero-order valence-electron chi connectivity index (χ0n) is 6.53. The summed E-state index contributed by atoms with van der Waals surface area (Å²) in [5.74, 6) is 0. The summed E-state index contributed by atoms with van der Waals surface area (Å²) in [5.41, 5.74) is 1.18. The summed E-state index contributed by atoms with van der Waals surface area (Å²) < 4.78 is 5.36. The summed E-state index contributed by atoms with van der Waals surface area (Å²) in [4.78, 5) is 0.